The molecule has 2 heterocycles. The lowest BCUT2D eigenvalue weighted by molar-refractivity contribution is -0.128. The highest BCUT2D eigenvalue weighted by Gasteiger charge is 2.28. The van der Waals surface area contributed by atoms with E-state index in [9.17, 15) is 4.79 Å². The third-order valence-corrected chi connectivity index (χ3v) is 5.53. The zero-order chi connectivity index (χ0) is 15.5. The second kappa shape index (κ2) is 6.92. The molecule has 0 aliphatic heterocycles. The van der Waals surface area contributed by atoms with Gasteiger partial charge < -0.3 is 10.6 Å². The highest BCUT2D eigenvalue weighted by atomic mass is 35.5. The number of carbonyl (C=O) groups is 1. The van der Waals surface area contributed by atoms with Gasteiger partial charge in [-0.25, -0.2) is 0 Å². The summed E-state index contributed by atoms with van der Waals surface area (Å²) in [4.78, 5) is 14.3. The van der Waals surface area contributed by atoms with Gasteiger partial charge in [0.1, 0.15) is 0 Å². The SMILES string of the molecule is CNC(=O)C(C)(C)CNC(c1cccs1)c1ccc(Cl)s1. The highest BCUT2D eigenvalue weighted by Crippen LogP contribution is 2.33. The molecule has 0 aliphatic carbocycles. The van der Waals surface area contributed by atoms with Crippen LogP contribution in [0.2, 0.25) is 4.34 Å². The molecule has 2 N–H and O–H groups in total. The molecule has 21 heavy (non-hydrogen) atoms. The molecule has 0 spiro atoms. The van der Waals surface area contributed by atoms with Crippen LogP contribution in [0.1, 0.15) is 29.6 Å². The number of carbonyl (C=O) groups excluding carboxylic acids is 1. The van der Waals surface area contributed by atoms with Gasteiger partial charge in [-0.2, -0.15) is 0 Å². The van der Waals surface area contributed by atoms with E-state index >= 15 is 0 Å². The molecule has 1 amide bonds. The van der Waals surface area contributed by atoms with Crippen molar-refractivity contribution in [2.45, 2.75) is 19.9 Å². The fourth-order valence-electron chi connectivity index (χ4n) is 2.06. The lowest BCUT2D eigenvalue weighted by atomic mass is 9.92. The van der Waals surface area contributed by atoms with E-state index in [0.29, 0.717) is 6.54 Å². The Bertz CT molecular complexity index is 593. The molecular formula is C15H19ClN2OS2. The average Bonchev–Trinajstić information content (AvgIpc) is 3.10. The number of hydrogen-bond donors (Lipinski definition) is 2. The fraction of sp³-hybridized carbons (Fsp3) is 0.400. The summed E-state index contributed by atoms with van der Waals surface area (Å²) >= 11 is 9.33. The number of nitrogens with one attached hydrogen (secondary N) is 2. The van der Waals surface area contributed by atoms with Gasteiger partial charge in [0, 0.05) is 23.3 Å². The predicted octanol–water partition coefficient (Wildman–Crippen LogP) is 3.91. The molecule has 2 aromatic heterocycles. The molecule has 0 radical (unpaired) electrons. The van der Waals surface area contributed by atoms with Crippen molar-refractivity contribution < 1.29 is 4.79 Å². The smallest absolute Gasteiger partial charge is 0.226 e. The predicted molar refractivity (Wildman–Crippen MR) is 91.3 cm³/mol. The van der Waals surface area contributed by atoms with Crippen LogP contribution in [0.15, 0.2) is 29.6 Å². The summed E-state index contributed by atoms with van der Waals surface area (Å²) in [6, 6.07) is 8.16. The second-order valence-corrected chi connectivity index (χ2v) is 8.16. The Morgan fingerprint density at radius 2 is 2.10 bits per heavy atom. The van der Waals surface area contributed by atoms with Gasteiger partial charge in [0.15, 0.2) is 0 Å². The molecule has 0 aliphatic rings. The first kappa shape index (κ1) is 16.5. The van der Waals surface area contributed by atoms with Gasteiger partial charge in [-0.05, 0) is 37.4 Å². The van der Waals surface area contributed by atoms with Crippen LogP contribution >= 0.6 is 34.3 Å². The number of hydrogen-bond acceptors (Lipinski definition) is 4. The first-order valence-corrected chi connectivity index (χ1v) is 8.75. The van der Waals surface area contributed by atoms with Crippen LogP contribution in [-0.2, 0) is 4.79 Å². The summed E-state index contributed by atoms with van der Waals surface area (Å²) in [5, 5.41) is 8.28. The number of thiophene rings is 2. The summed E-state index contributed by atoms with van der Waals surface area (Å²) in [7, 11) is 1.67. The Hall–Kier alpha value is -0.880. The van der Waals surface area contributed by atoms with Gasteiger partial charge >= 0.3 is 0 Å². The molecule has 6 heteroatoms. The number of rotatable bonds is 6. The minimum Gasteiger partial charge on any atom is -0.359 e. The first-order chi connectivity index (χ1) is 9.94. The normalized spacial score (nSPS) is 13.1. The van der Waals surface area contributed by atoms with Crippen molar-refractivity contribution in [1.29, 1.82) is 0 Å². The topological polar surface area (TPSA) is 41.1 Å². The lowest BCUT2D eigenvalue weighted by Crippen LogP contribution is -2.43. The Kier molecular flexibility index (Phi) is 5.43. The van der Waals surface area contributed by atoms with E-state index in [1.54, 1.807) is 29.7 Å². The summed E-state index contributed by atoms with van der Waals surface area (Å²) in [6.45, 7) is 4.46. The Morgan fingerprint density at radius 3 is 2.62 bits per heavy atom. The van der Waals surface area contributed by atoms with E-state index in [-0.39, 0.29) is 11.9 Å². The monoisotopic (exact) mass is 342 g/mol. The maximum absolute atomic E-state index is 11.9. The quantitative estimate of drug-likeness (QED) is 0.835. The summed E-state index contributed by atoms with van der Waals surface area (Å²) < 4.78 is 0.777. The van der Waals surface area contributed by atoms with E-state index < -0.39 is 5.41 Å². The molecule has 2 aromatic rings. The van der Waals surface area contributed by atoms with Gasteiger partial charge in [0.05, 0.1) is 15.8 Å². The van der Waals surface area contributed by atoms with Gasteiger partial charge in [-0.1, -0.05) is 17.7 Å². The molecular weight excluding hydrogens is 324 g/mol. The second-order valence-electron chi connectivity index (χ2n) is 5.43. The molecule has 1 unspecified atom stereocenters. The first-order valence-electron chi connectivity index (χ1n) is 6.68. The maximum atomic E-state index is 11.9. The van der Waals surface area contributed by atoms with Crippen molar-refractivity contribution in [3.8, 4) is 0 Å². The van der Waals surface area contributed by atoms with E-state index in [0.717, 1.165) is 9.21 Å². The van der Waals surface area contributed by atoms with Gasteiger partial charge in [0.2, 0.25) is 5.91 Å². The molecule has 2 rings (SSSR count). The molecule has 114 valence electrons. The molecule has 0 saturated heterocycles. The van der Waals surface area contributed by atoms with Gasteiger partial charge in [0.25, 0.3) is 0 Å². The van der Waals surface area contributed by atoms with Crippen LogP contribution in [0.3, 0.4) is 0 Å². The van der Waals surface area contributed by atoms with Crippen LogP contribution in [0.4, 0.5) is 0 Å². The molecule has 0 saturated carbocycles. The zero-order valence-electron chi connectivity index (χ0n) is 12.3. The van der Waals surface area contributed by atoms with Crippen molar-refractivity contribution in [3.63, 3.8) is 0 Å². The third kappa shape index (κ3) is 4.07. The molecule has 0 aromatic carbocycles. The van der Waals surface area contributed by atoms with Crippen molar-refractivity contribution in [2.24, 2.45) is 5.41 Å². The number of halogens is 1. The van der Waals surface area contributed by atoms with Crippen LogP contribution in [0, 0.1) is 5.41 Å². The molecule has 1 atom stereocenters. The van der Waals surface area contributed by atoms with E-state index in [2.05, 4.69) is 22.1 Å². The Labute approximate surface area is 138 Å². The summed E-state index contributed by atoms with van der Waals surface area (Å²) in [5.74, 6) is 0.0316. The van der Waals surface area contributed by atoms with Gasteiger partial charge in [-0.3, -0.25) is 4.79 Å². The van der Waals surface area contributed by atoms with Crippen molar-refractivity contribution in [1.82, 2.24) is 10.6 Å². The van der Waals surface area contributed by atoms with Crippen LogP contribution in [0.5, 0.6) is 0 Å². The standard InChI is InChI=1S/C15H19ClN2OS2/c1-15(2,14(19)17-3)9-18-13(10-5-4-8-20-10)11-6-7-12(16)21-11/h4-8,13,18H,9H2,1-3H3,(H,17,19). The van der Waals surface area contributed by atoms with Crippen LogP contribution in [-0.4, -0.2) is 19.5 Å². The Morgan fingerprint density at radius 1 is 1.33 bits per heavy atom. The van der Waals surface area contributed by atoms with Crippen LogP contribution in [0.25, 0.3) is 0 Å². The third-order valence-electron chi connectivity index (χ3n) is 3.30. The highest BCUT2D eigenvalue weighted by molar-refractivity contribution is 7.16. The maximum Gasteiger partial charge on any atom is 0.226 e. The van der Waals surface area contributed by atoms with Gasteiger partial charge in [-0.15, -0.1) is 22.7 Å². The minimum atomic E-state index is -0.467. The minimum absolute atomic E-state index is 0.0316. The average molecular weight is 343 g/mol. The molecule has 0 bridgehead atoms. The lowest BCUT2D eigenvalue weighted by Gasteiger charge is -2.26. The summed E-state index contributed by atoms with van der Waals surface area (Å²) in [5.41, 5.74) is -0.467. The van der Waals surface area contributed by atoms with E-state index in [4.69, 9.17) is 11.6 Å². The van der Waals surface area contributed by atoms with E-state index in [1.807, 2.05) is 32.0 Å². The largest absolute Gasteiger partial charge is 0.359 e. The molecule has 0 fully saturated rings. The Balaban J connectivity index is 2.16. The van der Waals surface area contributed by atoms with Crippen molar-refractivity contribution >= 4 is 40.2 Å². The summed E-state index contributed by atoms with van der Waals surface area (Å²) in [6.07, 6.45) is 0. The van der Waals surface area contributed by atoms with Crippen LogP contribution < -0.4 is 10.6 Å². The van der Waals surface area contributed by atoms with E-state index in [1.165, 1.54) is 4.88 Å². The zero-order valence-corrected chi connectivity index (χ0v) is 14.7. The van der Waals surface area contributed by atoms with Crippen molar-refractivity contribution in [3.05, 3.63) is 43.7 Å². The molecule has 3 nitrogen and oxygen atoms in total. The number of amides is 1. The van der Waals surface area contributed by atoms with Crippen molar-refractivity contribution in [2.75, 3.05) is 13.6 Å². The fourth-order valence-corrected chi connectivity index (χ4v) is 4.10.